The van der Waals surface area contributed by atoms with Gasteiger partial charge in [-0.1, -0.05) is 18.5 Å². The Bertz CT molecular complexity index is 308. The fourth-order valence-electron chi connectivity index (χ4n) is 0.986. The largest absolute Gasteiger partial charge is 0.479 e. The molecule has 0 amide bonds. The summed E-state index contributed by atoms with van der Waals surface area (Å²) in [7, 11) is 0. The van der Waals surface area contributed by atoms with E-state index in [4.69, 9.17) is 21.4 Å². The maximum atomic E-state index is 10.7. The molecule has 3 nitrogen and oxygen atoms in total. The maximum Gasteiger partial charge on any atom is 0.344 e. The standard InChI is InChI=1S/C10H11ClO3/c1-2-9(10(12)13)14-8-5-3-7(11)4-6-8/h3-6,9H,2H2,1H3,(H,12,13)/t9-/m0/s1. The normalized spacial score (nSPS) is 12.1. The number of hydrogen-bond acceptors (Lipinski definition) is 2. The number of benzene rings is 1. The minimum atomic E-state index is -0.956. The predicted molar refractivity (Wildman–Crippen MR) is 53.8 cm³/mol. The molecule has 0 bridgehead atoms. The van der Waals surface area contributed by atoms with E-state index in [1.54, 1.807) is 31.2 Å². The first kappa shape index (κ1) is 10.9. The van der Waals surface area contributed by atoms with Crippen LogP contribution in [0.1, 0.15) is 13.3 Å². The van der Waals surface area contributed by atoms with Crippen molar-refractivity contribution in [2.24, 2.45) is 0 Å². The van der Waals surface area contributed by atoms with E-state index in [0.717, 1.165) is 0 Å². The second-order valence-electron chi connectivity index (χ2n) is 2.81. The molecule has 0 aliphatic rings. The summed E-state index contributed by atoms with van der Waals surface area (Å²) in [5.41, 5.74) is 0. The highest BCUT2D eigenvalue weighted by Gasteiger charge is 2.16. The van der Waals surface area contributed by atoms with Crippen LogP contribution in [0.3, 0.4) is 0 Å². The Labute approximate surface area is 87.3 Å². The van der Waals surface area contributed by atoms with Gasteiger partial charge >= 0.3 is 5.97 Å². The minimum absolute atomic E-state index is 0.429. The van der Waals surface area contributed by atoms with E-state index in [9.17, 15) is 4.79 Å². The van der Waals surface area contributed by atoms with Gasteiger partial charge in [-0.15, -0.1) is 0 Å². The highest BCUT2D eigenvalue weighted by molar-refractivity contribution is 6.30. The van der Waals surface area contributed by atoms with Gasteiger partial charge in [-0.25, -0.2) is 4.79 Å². The third kappa shape index (κ3) is 2.92. The molecule has 1 aromatic carbocycles. The molecule has 0 aliphatic heterocycles. The average Bonchev–Trinajstić information content (AvgIpc) is 2.16. The van der Waals surface area contributed by atoms with Crippen LogP contribution >= 0.6 is 11.6 Å². The Hall–Kier alpha value is -1.22. The number of ether oxygens (including phenoxy) is 1. The third-order valence-electron chi connectivity index (χ3n) is 1.74. The van der Waals surface area contributed by atoms with Gasteiger partial charge in [-0.3, -0.25) is 0 Å². The van der Waals surface area contributed by atoms with E-state index in [1.165, 1.54) is 0 Å². The third-order valence-corrected chi connectivity index (χ3v) is 1.99. The van der Waals surface area contributed by atoms with Crippen LogP contribution < -0.4 is 4.74 Å². The molecule has 0 aromatic heterocycles. The van der Waals surface area contributed by atoms with Crippen molar-refractivity contribution in [3.8, 4) is 5.75 Å². The summed E-state index contributed by atoms with van der Waals surface area (Å²) in [6, 6.07) is 6.61. The lowest BCUT2D eigenvalue weighted by Gasteiger charge is -2.12. The summed E-state index contributed by atoms with van der Waals surface area (Å²) < 4.78 is 5.22. The van der Waals surface area contributed by atoms with Crippen LogP contribution in [-0.4, -0.2) is 17.2 Å². The Morgan fingerprint density at radius 2 is 2.07 bits per heavy atom. The smallest absolute Gasteiger partial charge is 0.344 e. The molecule has 0 heterocycles. The molecule has 0 aliphatic carbocycles. The maximum absolute atomic E-state index is 10.7. The quantitative estimate of drug-likeness (QED) is 0.838. The highest BCUT2D eigenvalue weighted by Crippen LogP contribution is 2.17. The number of carboxylic acid groups (broad SMARTS) is 1. The molecule has 0 saturated carbocycles. The molecular weight excluding hydrogens is 204 g/mol. The van der Waals surface area contributed by atoms with Gasteiger partial charge in [0.1, 0.15) is 5.75 Å². The zero-order valence-corrected chi connectivity index (χ0v) is 8.49. The van der Waals surface area contributed by atoms with E-state index in [0.29, 0.717) is 17.2 Å². The average molecular weight is 215 g/mol. The van der Waals surface area contributed by atoms with Gasteiger partial charge < -0.3 is 9.84 Å². The molecule has 0 unspecified atom stereocenters. The van der Waals surface area contributed by atoms with Gasteiger partial charge in [0.15, 0.2) is 6.10 Å². The highest BCUT2D eigenvalue weighted by atomic mass is 35.5. The lowest BCUT2D eigenvalue weighted by Crippen LogP contribution is -2.25. The summed E-state index contributed by atoms with van der Waals surface area (Å²) >= 11 is 5.67. The zero-order valence-electron chi connectivity index (χ0n) is 7.74. The van der Waals surface area contributed by atoms with Crippen molar-refractivity contribution in [2.45, 2.75) is 19.4 Å². The molecule has 14 heavy (non-hydrogen) atoms. The Kier molecular flexibility index (Phi) is 3.77. The Balaban J connectivity index is 2.67. The van der Waals surface area contributed by atoms with Gasteiger partial charge in [-0.05, 0) is 30.7 Å². The van der Waals surface area contributed by atoms with Gasteiger partial charge in [0.25, 0.3) is 0 Å². The van der Waals surface area contributed by atoms with Crippen molar-refractivity contribution >= 4 is 17.6 Å². The van der Waals surface area contributed by atoms with Crippen molar-refractivity contribution in [3.63, 3.8) is 0 Å². The summed E-state index contributed by atoms with van der Waals surface area (Å²) in [5, 5.41) is 9.34. The monoisotopic (exact) mass is 214 g/mol. The zero-order chi connectivity index (χ0) is 10.6. The first-order chi connectivity index (χ1) is 6.63. The fraction of sp³-hybridized carbons (Fsp3) is 0.300. The van der Waals surface area contributed by atoms with E-state index >= 15 is 0 Å². The van der Waals surface area contributed by atoms with Crippen molar-refractivity contribution in [2.75, 3.05) is 0 Å². The molecule has 1 N–H and O–H groups in total. The van der Waals surface area contributed by atoms with E-state index < -0.39 is 12.1 Å². The van der Waals surface area contributed by atoms with Crippen LogP contribution in [0.25, 0.3) is 0 Å². The predicted octanol–water partition coefficient (Wildman–Crippen LogP) is 2.58. The number of carbonyl (C=O) groups is 1. The van der Waals surface area contributed by atoms with Crippen LogP contribution in [-0.2, 0) is 4.79 Å². The minimum Gasteiger partial charge on any atom is -0.479 e. The summed E-state index contributed by atoms with van der Waals surface area (Å²) in [5.74, 6) is -0.439. The first-order valence-electron chi connectivity index (χ1n) is 4.28. The van der Waals surface area contributed by atoms with Gasteiger partial charge in [0, 0.05) is 5.02 Å². The lowest BCUT2D eigenvalue weighted by molar-refractivity contribution is -0.145. The molecule has 1 aromatic rings. The molecule has 0 radical (unpaired) electrons. The van der Waals surface area contributed by atoms with Crippen LogP contribution in [0.2, 0.25) is 5.02 Å². The van der Waals surface area contributed by atoms with E-state index in [2.05, 4.69) is 0 Å². The van der Waals surface area contributed by atoms with Crippen LogP contribution in [0.4, 0.5) is 0 Å². The van der Waals surface area contributed by atoms with Gasteiger partial charge in [0.2, 0.25) is 0 Å². The van der Waals surface area contributed by atoms with Crippen molar-refractivity contribution in [1.82, 2.24) is 0 Å². The van der Waals surface area contributed by atoms with Crippen molar-refractivity contribution in [3.05, 3.63) is 29.3 Å². The first-order valence-corrected chi connectivity index (χ1v) is 4.66. The molecule has 0 fully saturated rings. The molecule has 1 atom stereocenters. The number of halogens is 1. The molecule has 4 heteroatoms. The van der Waals surface area contributed by atoms with Crippen LogP contribution in [0.5, 0.6) is 5.75 Å². The molecule has 0 spiro atoms. The molecule has 76 valence electrons. The fourth-order valence-corrected chi connectivity index (χ4v) is 1.11. The summed E-state index contributed by atoms with van der Waals surface area (Å²) in [6.07, 6.45) is -0.367. The SMILES string of the molecule is CC[C@H](Oc1ccc(Cl)cc1)C(=O)O. The second-order valence-corrected chi connectivity index (χ2v) is 3.24. The Morgan fingerprint density at radius 1 is 1.50 bits per heavy atom. The molecule has 0 saturated heterocycles. The van der Waals surface area contributed by atoms with Gasteiger partial charge in [0.05, 0.1) is 0 Å². The van der Waals surface area contributed by atoms with Crippen molar-refractivity contribution in [1.29, 1.82) is 0 Å². The molecular formula is C10H11ClO3. The molecule has 1 rings (SSSR count). The van der Waals surface area contributed by atoms with E-state index in [1.807, 2.05) is 0 Å². The second kappa shape index (κ2) is 4.86. The number of hydrogen-bond donors (Lipinski definition) is 1. The van der Waals surface area contributed by atoms with Crippen molar-refractivity contribution < 1.29 is 14.6 Å². The van der Waals surface area contributed by atoms with Crippen LogP contribution in [0, 0.1) is 0 Å². The van der Waals surface area contributed by atoms with Crippen LogP contribution in [0.15, 0.2) is 24.3 Å². The number of carboxylic acids is 1. The lowest BCUT2D eigenvalue weighted by atomic mass is 10.3. The summed E-state index contributed by atoms with van der Waals surface area (Å²) in [4.78, 5) is 10.7. The van der Waals surface area contributed by atoms with Gasteiger partial charge in [-0.2, -0.15) is 0 Å². The topological polar surface area (TPSA) is 46.5 Å². The number of rotatable bonds is 4. The number of aliphatic carboxylic acids is 1. The Morgan fingerprint density at radius 3 is 2.50 bits per heavy atom. The van der Waals surface area contributed by atoms with E-state index in [-0.39, 0.29) is 0 Å². The summed E-state index contributed by atoms with van der Waals surface area (Å²) in [6.45, 7) is 1.76.